The zero-order valence-corrected chi connectivity index (χ0v) is 12.2. The topological polar surface area (TPSA) is 56.1 Å². The summed E-state index contributed by atoms with van der Waals surface area (Å²) in [5.41, 5.74) is 0.625. The lowest BCUT2D eigenvalue weighted by molar-refractivity contribution is 0.0747. The van der Waals surface area contributed by atoms with Gasteiger partial charge in [0.05, 0.1) is 23.7 Å². The van der Waals surface area contributed by atoms with Crippen molar-refractivity contribution in [1.82, 2.24) is 4.90 Å². The Morgan fingerprint density at radius 3 is 2.90 bits per heavy atom. The van der Waals surface area contributed by atoms with Crippen molar-refractivity contribution in [2.45, 2.75) is 38.6 Å². The molecule has 112 valence electrons. The van der Waals surface area contributed by atoms with Crippen LogP contribution in [-0.4, -0.2) is 29.9 Å². The van der Waals surface area contributed by atoms with Crippen molar-refractivity contribution >= 4 is 11.6 Å². The van der Waals surface area contributed by atoms with E-state index in [2.05, 4.69) is 11.4 Å². The van der Waals surface area contributed by atoms with Crippen molar-refractivity contribution in [1.29, 1.82) is 5.26 Å². The van der Waals surface area contributed by atoms with Crippen molar-refractivity contribution in [2.75, 3.05) is 18.4 Å². The van der Waals surface area contributed by atoms with E-state index in [1.807, 2.05) is 6.92 Å². The quantitative estimate of drug-likeness (QED) is 0.838. The molecule has 1 fully saturated rings. The highest BCUT2D eigenvalue weighted by Gasteiger charge is 2.33. The molecule has 5 heteroatoms. The normalized spacial score (nSPS) is 13.6. The number of nitriles is 1. The molecule has 0 unspecified atom stereocenters. The molecular formula is C16H20FN3O. The van der Waals surface area contributed by atoms with Gasteiger partial charge in [0.25, 0.3) is 5.91 Å². The second-order valence-corrected chi connectivity index (χ2v) is 5.23. The van der Waals surface area contributed by atoms with Crippen molar-refractivity contribution in [2.24, 2.45) is 0 Å². The minimum absolute atomic E-state index is 0.189. The molecule has 1 aliphatic carbocycles. The van der Waals surface area contributed by atoms with Crippen LogP contribution in [0.25, 0.3) is 0 Å². The Bertz CT molecular complexity index is 549. The molecule has 4 nitrogen and oxygen atoms in total. The minimum Gasteiger partial charge on any atom is -0.382 e. The van der Waals surface area contributed by atoms with E-state index >= 15 is 0 Å². The maximum absolute atomic E-state index is 14.0. The Morgan fingerprint density at radius 1 is 1.52 bits per heavy atom. The van der Waals surface area contributed by atoms with Crippen molar-refractivity contribution < 1.29 is 9.18 Å². The van der Waals surface area contributed by atoms with Gasteiger partial charge in [-0.15, -0.1) is 0 Å². The van der Waals surface area contributed by atoms with Gasteiger partial charge in [-0.1, -0.05) is 13.0 Å². The fraction of sp³-hybridized carbons (Fsp3) is 0.500. The first kappa shape index (κ1) is 15.3. The summed E-state index contributed by atoms with van der Waals surface area (Å²) in [5.74, 6) is -0.601. The molecule has 0 radical (unpaired) electrons. The van der Waals surface area contributed by atoms with Crippen molar-refractivity contribution in [3.8, 4) is 6.07 Å². The molecule has 0 heterocycles. The Labute approximate surface area is 124 Å². The molecular weight excluding hydrogens is 269 g/mol. The monoisotopic (exact) mass is 289 g/mol. The third-order valence-electron chi connectivity index (χ3n) is 3.51. The Kier molecular flexibility index (Phi) is 5.15. The van der Waals surface area contributed by atoms with E-state index in [1.54, 1.807) is 17.0 Å². The van der Waals surface area contributed by atoms with Gasteiger partial charge in [0.15, 0.2) is 0 Å². The smallest absolute Gasteiger partial charge is 0.256 e. The van der Waals surface area contributed by atoms with Crippen LogP contribution in [0.5, 0.6) is 0 Å². The van der Waals surface area contributed by atoms with E-state index in [0.717, 1.165) is 19.3 Å². The molecule has 1 saturated carbocycles. The van der Waals surface area contributed by atoms with Crippen LogP contribution in [0.15, 0.2) is 18.2 Å². The third kappa shape index (κ3) is 3.72. The second kappa shape index (κ2) is 7.07. The van der Waals surface area contributed by atoms with E-state index < -0.39 is 5.82 Å². The van der Waals surface area contributed by atoms with E-state index in [1.165, 1.54) is 6.07 Å². The van der Waals surface area contributed by atoms with Gasteiger partial charge in [-0.3, -0.25) is 4.79 Å². The number of carbonyl (C=O) groups excluding carboxylic acids is 1. The summed E-state index contributed by atoms with van der Waals surface area (Å²) < 4.78 is 14.0. The Balaban J connectivity index is 2.24. The van der Waals surface area contributed by atoms with Gasteiger partial charge in [-0.05, 0) is 31.4 Å². The van der Waals surface area contributed by atoms with Gasteiger partial charge in [0.1, 0.15) is 5.82 Å². The average molecular weight is 289 g/mol. The summed E-state index contributed by atoms with van der Waals surface area (Å²) in [6.07, 6.45) is 3.08. The number of carbonyl (C=O) groups is 1. The molecule has 0 spiro atoms. The molecule has 0 saturated heterocycles. The highest BCUT2D eigenvalue weighted by Crippen LogP contribution is 2.30. The van der Waals surface area contributed by atoms with Gasteiger partial charge in [0, 0.05) is 19.1 Å². The predicted molar refractivity (Wildman–Crippen MR) is 79.5 cm³/mol. The lowest BCUT2D eigenvalue weighted by Crippen LogP contribution is -2.34. The number of nitrogens with zero attached hydrogens (tertiary/aromatic N) is 2. The van der Waals surface area contributed by atoms with Gasteiger partial charge < -0.3 is 10.2 Å². The van der Waals surface area contributed by atoms with Crippen LogP contribution >= 0.6 is 0 Å². The van der Waals surface area contributed by atoms with Crippen LogP contribution in [0.3, 0.4) is 0 Å². The molecule has 21 heavy (non-hydrogen) atoms. The Hall–Kier alpha value is -2.09. The van der Waals surface area contributed by atoms with Crippen LogP contribution in [-0.2, 0) is 0 Å². The molecule has 0 atom stereocenters. The van der Waals surface area contributed by atoms with E-state index in [0.29, 0.717) is 25.1 Å². The van der Waals surface area contributed by atoms with Gasteiger partial charge >= 0.3 is 0 Å². The van der Waals surface area contributed by atoms with E-state index in [-0.39, 0.29) is 17.6 Å². The lowest BCUT2D eigenvalue weighted by atomic mass is 10.1. The standard InChI is InChI=1S/C16H20FN3O/c1-2-10-19-15-13(5-3-6-14(15)17)16(21)20(11-4-9-18)12-7-8-12/h3,5-6,12,19H,2,4,7-8,10-11H2,1H3. The van der Waals surface area contributed by atoms with Crippen LogP contribution in [0.1, 0.15) is 43.0 Å². The number of halogens is 1. The molecule has 1 N–H and O–H groups in total. The highest BCUT2D eigenvalue weighted by molar-refractivity contribution is 6.00. The summed E-state index contributed by atoms with van der Waals surface area (Å²) in [6, 6.07) is 6.81. The zero-order valence-electron chi connectivity index (χ0n) is 12.2. The number of amides is 1. The van der Waals surface area contributed by atoms with Gasteiger partial charge in [-0.2, -0.15) is 5.26 Å². The van der Waals surface area contributed by atoms with Crippen LogP contribution in [0.4, 0.5) is 10.1 Å². The molecule has 0 bridgehead atoms. The first-order valence-corrected chi connectivity index (χ1v) is 7.39. The summed E-state index contributed by atoms with van der Waals surface area (Å²) in [6.45, 7) is 3.01. The molecule has 1 aromatic carbocycles. The zero-order chi connectivity index (χ0) is 15.2. The number of para-hydroxylation sites is 1. The minimum atomic E-state index is -0.412. The van der Waals surface area contributed by atoms with Crippen molar-refractivity contribution in [3.05, 3.63) is 29.6 Å². The largest absolute Gasteiger partial charge is 0.382 e. The molecule has 2 rings (SSSR count). The fourth-order valence-corrected chi connectivity index (χ4v) is 2.29. The van der Waals surface area contributed by atoms with Crippen LogP contribution < -0.4 is 5.32 Å². The van der Waals surface area contributed by atoms with Crippen LogP contribution in [0.2, 0.25) is 0 Å². The molecule has 1 amide bonds. The lowest BCUT2D eigenvalue weighted by Gasteiger charge is -2.23. The molecule has 0 aromatic heterocycles. The molecule has 1 aromatic rings. The average Bonchev–Trinajstić information content (AvgIpc) is 3.30. The summed E-state index contributed by atoms with van der Waals surface area (Å²) in [7, 11) is 0. The maximum atomic E-state index is 14.0. The Morgan fingerprint density at radius 2 is 2.29 bits per heavy atom. The van der Waals surface area contributed by atoms with E-state index in [9.17, 15) is 9.18 Å². The number of anilines is 1. The number of rotatable bonds is 7. The molecule has 1 aliphatic rings. The predicted octanol–water partition coefficient (Wildman–Crippen LogP) is 3.17. The van der Waals surface area contributed by atoms with Gasteiger partial charge in [-0.25, -0.2) is 4.39 Å². The number of hydrogen-bond donors (Lipinski definition) is 1. The first-order chi connectivity index (χ1) is 10.2. The summed E-state index contributed by atoms with van der Waals surface area (Å²) in [4.78, 5) is 14.4. The third-order valence-corrected chi connectivity index (χ3v) is 3.51. The highest BCUT2D eigenvalue weighted by atomic mass is 19.1. The van der Waals surface area contributed by atoms with Gasteiger partial charge in [0.2, 0.25) is 0 Å². The fourth-order valence-electron chi connectivity index (χ4n) is 2.29. The molecule has 0 aliphatic heterocycles. The van der Waals surface area contributed by atoms with Crippen molar-refractivity contribution in [3.63, 3.8) is 0 Å². The van der Waals surface area contributed by atoms with Crippen LogP contribution in [0, 0.1) is 17.1 Å². The second-order valence-electron chi connectivity index (χ2n) is 5.23. The van der Waals surface area contributed by atoms with E-state index in [4.69, 9.17) is 5.26 Å². The SMILES string of the molecule is CCCNc1c(F)cccc1C(=O)N(CCC#N)C1CC1. The first-order valence-electron chi connectivity index (χ1n) is 7.39. The number of benzene rings is 1. The number of nitrogens with one attached hydrogen (secondary N) is 1. The summed E-state index contributed by atoms with van der Waals surface area (Å²) in [5, 5.41) is 11.7. The number of hydrogen-bond acceptors (Lipinski definition) is 3. The summed E-state index contributed by atoms with van der Waals surface area (Å²) >= 11 is 0. The maximum Gasteiger partial charge on any atom is 0.256 e.